The molecule has 0 aliphatic carbocycles. The van der Waals surface area contributed by atoms with Crippen LogP contribution >= 0.6 is 0 Å². The van der Waals surface area contributed by atoms with Crippen molar-refractivity contribution in [1.82, 2.24) is 25.2 Å². The third-order valence-corrected chi connectivity index (χ3v) is 5.89. The molecule has 182 valence electrons. The van der Waals surface area contributed by atoms with Gasteiger partial charge in [0.15, 0.2) is 5.52 Å². The van der Waals surface area contributed by atoms with E-state index in [1.54, 1.807) is 17.2 Å². The van der Waals surface area contributed by atoms with Crippen molar-refractivity contribution in [2.75, 3.05) is 6.61 Å². The topological polar surface area (TPSA) is 122 Å². The number of benzene rings is 2. The molecule has 0 saturated carbocycles. The average molecular weight is 476 g/mol. The molecule has 0 radical (unpaired) electrons. The summed E-state index contributed by atoms with van der Waals surface area (Å²) in [6, 6.07) is 13.9. The zero-order valence-corrected chi connectivity index (χ0v) is 20.1. The van der Waals surface area contributed by atoms with Crippen molar-refractivity contribution in [3.05, 3.63) is 75.2 Å². The highest BCUT2D eigenvalue weighted by Gasteiger charge is 2.17. The Bertz CT molecular complexity index is 1410. The molecule has 0 saturated heterocycles. The van der Waals surface area contributed by atoms with Crippen LogP contribution in [0.1, 0.15) is 42.7 Å². The number of H-pyrrole nitrogens is 1. The highest BCUT2D eigenvalue weighted by atomic mass is 16.5. The zero-order valence-electron chi connectivity index (χ0n) is 20.1. The minimum atomic E-state index is -0.404. The van der Waals surface area contributed by atoms with Crippen molar-refractivity contribution in [2.24, 2.45) is 7.05 Å². The first-order valence-corrected chi connectivity index (χ1v) is 11.7. The van der Waals surface area contributed by atoms with Crippen LogP contribution in [0.5, 0.6) is 5.75 Å². The van der Waals surface area contributed by atoms with E-state index in [9.17, 15) is 9.59 Å². The van der Waals surface area contributed by atoms with Crippen molar-refractivity contribution < 1.29 is 14.7 Å². The van der Waals surface area contributed by atoms with Gasteiger partial charge in [0.05, 0.1) is 17.9 Å². The number of rotatable bonds is 9. The number of ether oxygens (including phenoxy) is 1. The fraction of sp³-hybridized carbons (Fsp3) is 0.308. The standard InChI is InChI=1S/C26H29N5O4/c1-4-20-23-24(31(3)29-20)26(33)28-25(27-23)19-15-18(10-12-21(19)35-5-2)14-17-8-6-16(7-9-17)11-13-22(32)30-34/h6-10,12,15,34H,4-5,11,13-14H2,1-3H3,(H,30,32)(H,27,28,33). The summed E-state index contributed by atoms with van der Waals surface area (Å²) in [4.78, 5) is 31.8. The van der Waals surface area contributed by atoms with Gasteiger partial charge in [-0.1, -0.05) is 37.3 Å². The van der Waals surface area contributed by atoms with E-state index in [1.165, 1.54) is 0 Å². The zero-order chi connectivity index (χ0) is 24.9. The fourth-order valence-corrected chi connectivity index (χ4v) is 4.14. The van der Waals surface area contributed by atoms with Crippen LogP contribution in [-0.4, -0.2) is 37.5 Å². The summed E-state index contributed by atoms with van der Waals surface area (Å²) in [6.07, 6.45) is 2.13. The second-order valence-corrected chi connectivity index (χ2v) is 8.33. The van der Waals surface area contributed by atoms with E-state index >= 15 is 0 Å². The van der Waals surface area contributed by atoms with Gasteiger partial charge in [-0.05, 0) is 55.0 Å². The monoisotopic (exact) mass is 475 g/mol. The Labute approximate surface area is 202 Å². The van der Waals surface area contributed by atoms with Gasteiger partial charge in [-0.3, -0.25) is 19.5 Å². The molecule has 9 heteroatoms. The number of hydrogen-bond acceptors (Lipinski definition) is 6. The third kappa shape index (κ3) is 5.25. The van der Waals surface area contributed by atoms with Crippen LogP contribution in [0.3, 0.4) is 0 Å². The van der Waals surface area contributed by atoms with Crippen molar-refractivity contribution in [3.63, 3.8) is 0 Å². The van der Waals surface area contributed by atoms with E-state index in [2.05, 4.69) is 10.1 Å². The molecule has 2 aromatic carbocycles. The number of aryl methyl sites for hydroxylation is 3. The molecule has 1 amide bonds. The quantitative estimate of drug-likeness (QED) is 0.252. The van der Waals surface area contributed by atoms with Crippen LogP contribution in [-0.2, 0) is 31.1 Å². The third-order valence-electron chi connectivity index (χ3n) is 5.89. The van der Waals surface area contributed by atoms with Gasteiger partial charge in [-0.25, -0.2) is 10.5 Å². The molecule has 0 bridgehead atoms. The van der Waals surface area contributed by atoms with Gasteiger partial charge in [0, 0.05) is 13.5 Å². The van der Waals surface area contributed by atoms with Crippen LogP contribution in [0.25, 0.3) is 22.4 Å². The van der Waals surface area contributed by atoms with Gasteiger partial charge in [0.2, 0.25) is 5.91 Å². The number of carbonyl (C=O) groups is 1. The number of carbonyl (C=O) groups excluding carboxylic acids is 1. The first-order chi connectivity index (χ1) is 16.9. The number of fused-ring (bicyclic) bond motifs is 1. The van der Waals surface area contributed by atoms with Gasteiger partial charge >= 0.3 is 0 Å². The van der Waals surface area contributed by atoms with E-state index in [-0.39, 0.29) is 12.0 Å². The summed E-state index contributed by atoms with van der Waals surface area (Å²) in [6.45, 7) is 4.39. The number of amides is 1. The van der Waals surface area contributed by atoms with E-state index < -0.39 is 5.91 Å². The van der Waals surface area contributed by atoms with Crippen LogP contribution in [0.15, 0.2) is 47.3 Å². The maximum atomic E-state index is 12.9. The Hall–Kier alpha value is -3.98. The SMILES string of the molecule is CCOc1ccc(Cc2ccc(CCC(=O)NO)cc2)cc1-c1nc2c(CC)nn(C)c2c(=O)[nH]1. The molecule has 9 nitrogen and oxygen atoms in total. The second-order valence-electron chi connectivity index (χ2n) is 8.33. The normalized spacial score (nSPS) is 11.1. The van der Waals surface area contributed by atoms with Gasteiger partial charge in [0.1, 0.15) is 17.1 Å². The van der Waals surface area contributed by atoms with E-state index in [4.69, 9.17) is 14.9 Å². The molecule has 0 aliphatic rings. The fourth-order valence-electron chi connectivity index (χ4n) is 4.14. The number of nitrogens with one attached hydrogen (secondary N) is 2. The van der Waals surface area contributed by atoms with Crippen LogP contribution in [0, 0.1) is 0 Å². The number of nitrogens with zero attached hydrogens (tertiary/aromatic N) is 3. The number of aromatic nitrogens is 4. The van der Waals surface area contributed by atoms with E-state index in [0.29, 0.717) is 48.5 Å². The Balaban J connectivity index is 1.66. The maximum absolute atomic E-state index is 12.9. The summed E-state index contributed by atoms with van der Waals surface area (Å²) >= 11 is 0. The lowest BCUT2D eigenvalue weighted by molar-refractivity contribution is -0.129. The number of hydroxylamine groups is 1. The average Bonchev–Trinajstić information content (AvgIpc) is 3.20. The molecule has 2 heterocycles. The second kappa shape index (κ2) is 10.5. The van der Waals surface area contributed by atoms with Crippen molar-refractivity contribution in [2.45, 2.75) is 39.5 Å². The Morgan fingerprint density at radius 2 is 1.83 bits per heavy atom. The smallest absolute Gasteiger partial charge is 0.277 e. The van der Waals surface area contributed by atoms with Crippen molar-refractivity contribution in [1.29, 1.82) is 0 Å². The van der Waals surface area contributed by atoms with E-state index in [0.717, 1.165) is 27.9 Å². The molecular weight excluding hydrogens is 446 g/mol. The van der Waals surface area contributed by atoms with Crippen LogP contribution < -0.4 is 15.8 Å². The highest BCUT2D eigenvalue weighted by molar-refractivity contribution is 5.80. The number of hydrogen-bond donors (Lipinski definition) is 3. The van der Waals surface area contributed by atoms with Crippen molar-refractivity contribution >= 4 is 16.9 Å². The van der Waals surface area contributed by atoms with Crippen molar-refractivity contribution in [3.8, 4) is 17.1 Å². The summed E-state index contributed by atoms with van der Waals surface area (Å²) < 4.78 is 7.42. The Morgan fingerprint density at radius 3 is 2.51 bits per heavy atom. The lowest BCUT2D eigenvalue weighted by atomic mass is 10.00. The van der Waals surface area contributed by atoms with Gasteiger partial charge < -0.3 is 9.72 Å². The molecule has 0 aliphatic heterocycles. The summed E-state index contributed by atoms with van der Waals surface area (Å²) in [7, 11) is 1.75. The maximum Gasteiger partial charge on any atom is 0.277 e. The molecule has 0 fully saturated rings. The van der Waals surface area contributed by atoms with E-state index in [1.807, 2.05) is 56.3 Å². The van der Waals surface area contributed by atoms with Gasteiger partial charge in [-0.2, -0.15) is 5.10 Å². The van der Waals surface area contributed by atoms with Crippen LogP contribution in [0.2, 0.25) is 0 Å². The van der Waals surface area contributed by atoms with Gasteiger partial charge in [-0.15, -0.1) is 0 Å². The lowest BCUT2D eigenvalue weighted by Gasteiger charge is -2.12. The Morgan fingerprint density at radius 1 is 1.11 bits per heavy atom. The molecule has 0 unspecified atom stereocenters. The minimum absolute atomic E-state index is 0.227. The van der Waals surface area contributed by atoms with Crippen LogP contribution in [0.4, 0.5) is 0 Å². The molecule has 0 atom stereocenters. The molecule has 3 N–H and O–H groups in total. The minimum Gasteiger partial charge on any atom is -0.493 e. The molecule has 0 spiro atoms. The molecular formula is C26H29N5O4. The molecule has 2 aromatic heterocycles. The predicted molar refractivity (Wildman–Crippen MR) is 133 cm³/mol. The first-order valence-electron chi connectivity index (χ1n) is 11.7. The lowest BCUT2D eigenvalue weighted by Crippen LogP contribution is -2.18. The molecule has 4 rings (SSSR count). The van der Waals surface area contributed by atoms with Gasteiger partial charge in [0.25, 0.3) is 5.56 Å². The summed E-state index contributed by atoms with van der Waals surface area (Å²) in [5.74, 6) is 0.698. The highest BCUT2D eigenvalue weighted by Crippen LogP contribution is 2.30. The summed E-state index contributed by atoms with van der Waals surface area (Å²) in [5.41, 5.74) is 7.14. The molecule has 35 heavy (non-hydrogen) atoms. The Kier molecular flexibility index (Phi) is 7.26. The number of aromatic amines is 1. The predicted octanol–water partition coefficient (Wildman–Crippen LogP) is 3.31. The first kappa shape index (κ1) is 24.2. The molecule has 4 aromatic rings. The largest absolute Gasteiger partial charge is 0.493 e. The summed E-state index contributed by atoms with van der Waals surface area (Å²) in [5, 5.41) is 13.1.